The Morgan fingerprint density at radius 2 is 1.65 bits per heavy atom. The van der Waals surface area contributed by atoms with Gasteiger partial charge in [-0.3, -0.25) is 10.1 Å². The maximum Gasteiger partial charge on any atom is 0.423 e. The van der Waals surface area contributed by atoms with Gasteiger partial charge in [0, 0.05) is 24.8 Å². The second-order valence-electron chi connectivity index (χ2n) is 6.10. The Kier molecular flexibility index (Phi) is 7.61. The molecule has 0 amide bonds. The molecule has 0 atom stereocenters. The van der Waals surface area contributed by atoms with Crippen LogP contribution < -0.4 is 4.90 Å². The summed E-state index contributed by atoms with van der Waals surface area (Å²) in [6.07, 6.45) is -5.10. The van der Waals surface area contributed by atoms with Crippen molar-refractivity contribution in [3.8, 4) is 0 Å². The van der Waals surface area contributed by atoms with Crippen LogP contribution in [0.3, 0.4) is 0 Å². The highest BCUT2D eigenvalue weighted by Gasteiger charge is 2.40. The molecule has 2 aromatic carbocycles. The molecule has 0 aliphatic rings. The fourth-order valence-electron chi connectivity index (χ4n) is 2.66. The first-order chi connectivity index (χ1) is 14.6. The fraction of sp³-hybridized carbons (Fsp3) is 0.278. The van der Waals surface area contributed by atoms with Gasteiger partial charge in [-0.25, -0.2) is 4.79 Å². The molecule has 0 aliphatic heterocycles. The van der Waals surface area contributed by atoms with Crippen molar-refractivity contribution in [2.75, 3.05) is 31.2 Å². The fourth-order valence-corrected chi connectivity index (χ4v) is 2.66. The highest BCUT2D eigenvalue weighted by molar-refractivity contribution is 5.94. The summed E-state index contributed by atoms with van der Waals surface area (Å²) in [6, 6.07) is 6.58. The first kappa shape index (κ1) is 23.7. The van der Waals surface area contributed by atoms with Crippen molar-refractivity contribution < 1.29 is 38.2 Å². The number of rotatable bonds is 9. The van der Waals surface area contributed by atoms with Gasteiger partial charge in [-0.05, 0) is 30.3 Å². The first-order valence-electron chi connectivity index (χ1n) is 8.70. The number of halogens is 3. The lowest BCUT2D eigenvalue weighted by molar-refractivity contribution is -0.388. The third-order valence-corrected chi connectivity index (χ3v) is 4.07. The number of carbonyl (C=O) groups is 1. The van der Waals surface area contributed by atoms with Crippen molar-refractivity contribution >= 4 is 28.7 Å². The molecule has 3 N–H and O–H groups in total. The van der Waals surface area contributed by atoms with Crippen molar-refractivity contribution in [3.63, 3.8) is 0 Å². The smallest absolute Gasteiger partial charge is 0.423 e. The highest BCUT2D eigenvalue weighted by Crippen LogP contribution is 2.40. The summed E-state index contributed by atoms with van der Waals surface area (Å²) in [5.41, 5.74) is -3.76. The third kappa shape index (κ3) is 5.96. The van der Waals surface area contributed by atoms with Gasteiger partial charge in [0.1, 0.15) is 11.3 Å². The summed E-state index contributed by atoms with van der Waals surface area (Å²) in [4.78, 5) is 22.7. The Hall–Kier alpha value is -3.58. The molecule has 0 aliphatic carbocycles. The van der Waals surface area contributed by atoms with Crippen molar-refractivity contribution in [3.05, 3.63) is 57.6 Å². The van der Waals surface area contributed by atoms with E-state index in [0.717, 1.165) is 0 Å². The molecule has 0 saturated carbocycles. The molecule has 31 heavy (non-hydrogen) atoms. The van der Waals surface area contributed by atoms with Gasteiger partial charge in [0.05, 0.1) is 29.4 Å². The van der Waals surface area contributed by atoms with Crippen molar-refractivity contribution in [2.24, 2.45) is 10.2 Å². The maximum atomic E-state index is 13.2. The molecular formula is C18H17F3N4O6. The van der Waals surface area contributed by atoms with E-state index in [1.54, 1.807) is 17.0 Å². The zero-order valence-corrected chi connectivity index (χ0v) is 15.8. The third-order valence-electron chi connectivity index (χ3n) is 4.07. The topological polar surface area (TPSA) is 149 Å². The lowest BCUT2D eigenvalue weighted by atomic mass is 10.1. The minimum absolute atomic E-state index is 0.152. The number of alkyl halides is 3. The number of carboxylic acid groups (broad SMARTS) is 1. The van der Waals surface area contributed by atoms with Crippen LogP contribution in [-0.4, -0.2) is 52.5 Å². The molecule has 2 aromatic rings. The second kappa shape index (κ2) is 9.95. The van der Waals surface area contributed by atoms with E-state index in [-0.39, 0.29) is 38.1 Å². The number of aliphatic hydroxyl groups excluding tert-OH is 2. The molecule has 0 unspecified atom stereocenters. The number of nitrogens with zero attached hydrogens (tertiary/aromatic N) is 4. The van der Waals surface area contributed by atoms with Gasteiger partial charge < -0.3 is 20.2 Å². The number of nitro groups is 1. The summed E-state index contributed by atoms with van der Waals surface area (Å²) < 4.78 is 39.5. The molecule has 166 valence electrons. The average molecular weight is 442 g/mol. The molecule has 13 heteroatoms. The summed E-state index contributed by atoms with van der Waals surface area (Å²) >= 11 is 0. The predicted molar refractivity (Wildman–Crippen MR) is 102 cm³/mol. The van der Waals surface area contributed by atoms with Gasteiger partial charge >= 0.3 is 12.1 Å². The lowest BCUT2D eigenvalue weighted by Crippen LogP contribution is -2.29. The molecule has 2 rings (SSSR count). The largest absolute Gasteiger partial charge is 0.478 e. The second-order valence-corrected chi connectivity index (χ2v) is 6.10. The van der Waals surface area contributed by atoms with Gasteiger partial charge in [-0.1, -0.05) is 0 Å². The van der Waals surface area contributed by atoms with Crippen LogP contribution >= 0.6 is 0 Å². The summed E-state index contributed by atoms with van der Waals surface area (Å²) in [7, 11) is 0. The first-order valence-corrected chi connectivity index (χ1v) is 8.70. The van der Waals surface area contributed by atoms with E-state index in [1.165, 1.54) is 12.1 Å². The number of anilines is 1. The quantitative estimate of drug-likeness (QED) is 0.306. The van der Waals surface area contributed by atoms with E-state index in [2.05, 4.69) is 10.2 Å². The number of hydrogen-bond acceptors (Lipinski definition) is 8. The van der Waals surface area contributed by atoms with E-state index in [1.807, 2.05) is 0 Å². The van der Waals surface area contributed by atoms with Crippen LogP contribution in [0.25, 0.3) is 0 Å². The van der Waals surface area contributed by atoms with E-state index < -0.39 is 39.6 Å². The van der Waals surface area contributed by atoms with Crippen LogP contribution in [0.15, 0.2) is 46.6 Å². The van der Waals surface area contributed by atoms with Crippen LogP contribution in [0.5, 0.6) is 0 Å². The minimum atomic E-state index is -5.10. The monoisotopic (exact) mass is 442 g/mol. The summed E-state index contributed by atoms with van der Waals surface area (Å²) in [5, 5.41) is 45.5. The molecule has 0 spiro atoms. The number of azo groups is 1. The SMILES string of the molecule is O=C(O)c1cc([N+](=O)[O-])c(C(F)(F)F)cc1N=Nc1ccc(N(CCO)CCO)cc1. The maximum absolute atomic E-state index is 13.2. The van der Waals surface area contributed by atoms with E-state index in [4.69, 9.17) is 10.2 Å². The van der Waals surface area contributed by atoms with Crippen LogP contribution in [0.2, 0.25) is 0 Å². The minimum Gasteiger partial charge on any atom is -0.478 e. The Morgan fingerprint density at radius 1 is 1.06 bits per heavy atom. The average Bonchev–Trinajstić information content (AvgIpc) is 2.71. The van der Waals surface area contributed by atoms with Gasteiger partial charge in [0.25, 0.3) is 5.69 Å². The molecule has 0 heterocycles. The Bertz CT molecular complexity index is 973. The zero-order chi connectivity index (χ0) is 23.2. The molecule has 0 saturated heterocycles. The molecule has 0 bridgehead atoms. The van der Waals surface area contributed by atoms with Gasteiger partial charge in [-0.2, -0.15) is 18.3 Å². The number of benzene rings is 2. The normalized spacial score (nSPS) is 11.6. The molecule has 0 fully saturated rings. The molecular weight excluding hydrogens is 425 g/mol. The number of hydrogen-bond donors (Lipinski definition) is 3. The molecule has 10 nitrogen and oxygen atoms in total. The van der Waals surface area contributed by atoms with E-state index in [0.29, 0.717) is 11.8 Å². The van der Waals surface area contributed by atoms with Gasteiger partial charge in [0.15, 0.2) is 0 Å². The van der Waals surface area contributed by atoms with E-state index >= 15 is 0 Å². The van der Waals surface area contributed by atoms with Crippen molar-refractivity contribution in [2.45, 2.75) is 6.18 Å². The van der Waals surface area contributed by atoms with Gasteiger partial charge in [0.2, 0.25) is 0 Å². The van der Waals surface area contributed by atoms with E-state index in [9.17, 15) is 33.2 Å². The summed E-state index contributed by atoms with van der Waals surface area (Å²) in [5.74, 6) is -1.70. The number of nitro benzene ring substituents is 1. The number of aromatic carboxylic acids is 1. The van der Waals surface area contributed by atoms with Gasteiger partial charge in [-0.15, -0.1) is 5.11 Å². The van der Waals surface area contributed by atoms with Crippen molar-refractivity contribution in [1.29, 1.82) is 0 Å². The Labute approximate surface area is 173 Å². The van der Waals surface area contributed by atoms with Crippen LogP contribution in [0, 0.1) is 10.1 Å². The Balaban J connectivity index is 2.42. The highest BCUT2D eigenvalue weighted by atomic mass is 19.4. The molecule has 0 radical (unpaired) electrons. The van der Waals surface area contributed by atoms with Crippen LogP contribution in [0.1, 0.15) is 15.9 Å². The zero-order valence-electron chi connectivity index (χ0n) is 15.8. The standard InChI is InChI=1S/C18H17F3N4O6/c19-18(20,21)14-10-15(13(17(28)29)9-16(14)25(30)31)23-22-11-1-3-12(4-2-11)24(5-7-26)6-8-27/h1-4,9-10,26-27H,5-8H2,(H,28,29). The van der Waals surface area contributed by atoms with Crippen LogP contribution in [-0.2, 0) is 6.18 Å². The predicted octanol–water partition coefficient (Wildman–Crippen LogP) is 3.52. The van der Waals surface area contributed by atoms with Crippen LogP contribution in [0.4, 0.5) is 35.9 Å². The summed E-state index contributed by atoms with van der Waals surface area (Å²) in [6.45, 7) is 0.209. The van der Waals surface area contributed by atoms with Crippen molar-refractivity contribution in [1.82, 2.24) is 0 Å². The number of carboxylic acids is 1. The number of aliphatic hydroxyl groups is 2. The Morgan fingerprint density at radius 3 is 2.10 bits per heavy atom. The lowest BCUT2D eigenvalue weighted by Gasteiger charge is -2.22. The molecule has 0 aromatic heterocycles.